The molecule has 1 N–H and O–H groups in total. The molecule has 1 saturated heterocycles. The number of hydrogen-bond acceptors (Lipinski definition) is 3. The van der Waals surface area contributed by atoms with E-state index in [9.17, 15) is 0 Å². The molecule has 3 nitrogen and oxygen atoms in total. The molecule has 1 aliphatic heterocycles. The number of benzene rings is 1. The quantitative estimate of drug-likeness (QED) is 0.856. The van der Waals surface area contributed by atoms with Crippen LogP contribution in [0.25, 0.3) is 11.0 Å². The first kappa shape index (κ1) is 12.1. The summed E-state index contributed by atoms with van der Waals surface area (Å²) in [5, 5.41) is 4.37. The Bertz CT molecular complexity index is 549. The predicted octanol–water partition coefficient (Wildman–Crippen LogP) is 2.73. The highest BCUT2D eigenvalue weighted by Gasteiger charge is 2.21. The molecular formula is C14H19N3S. The molecule has 0 spiro atoms. The molecule has 0 bridgehead atoms. The summed E-state index contributed by atoms with van der Waals surface area (Å²) in [6.45, 7) is 3.39. The maximum Gasteiger partial charge on any atom is 0.127 e. The molecule has 0 saturated carbocycles. The molecule has 1 aliphatic rings. The second-order valence-corrected chi connectivity index (χ2v) is 6.43. The van der Waals surface area contributed by atoms with Crippen molar-refractivity contribution in [1.29, 1.82) is 0 Å². The summed E-state index contributed by atoms with van der Waals surface area (Å²) >= 11 is 2.04. The van der Waals surface area contributed by atoms with Crippen LogP contribution in [-0.2, 0) is 7.05 Å². The van der Waals surface area contributed by atoms with Crippen LogP contribution in [0.4, 0.5) is 0 Å². The van der Waals surface area contributed by atoms with Crippen molar-refractivity contribution in [3.05, 3.63) is 30.1 Å². The zero-order chi connectivity index (χ0) is 12.5. The van der Waals surface area contributed by atoms with Gasteiger partial charge in [-0.3, -0.25) is 0 Å². The standard InChI is InChI=1S/C14H19N3S/c1-10-7-8-15-12(9-18-10)14-16-11-5-3-4-6-13(11)17(14)2/h3-6,10,12,15H,7-9H2,1-2H3. The lowest BCUT2D eigenvalue weighted by atomic mass is 10.3. The summed E-state index contributed by atoms with van der Waals surface area (Å²) in [6, 6.07) is 8.72. The van der Waals surface area contributed by atoms with Crippen molar-refractivity contribution in [2.24, 2.45) is 7.05 Å². The lowest BCUT2D eigenvalue weighted by molar-refractivity contribution is 0.541. The van der Waals surface area contributed by atoms with E-state index in [4.69, 9.17) is 4.98 Å². The lowest BCUT2D eigenvalue weighted by Crippen LogP contribution is -2.25. The van der Waals surface area contributed by atoms with Crippen molar-refractivity contribution in [3.63, 3.8) is 0 Å². The minimum Gasteiger partial charge on any atom is -0.330 e. The Morgan fingerprint density at radius 2 is 2.22 bits per heavy atom. The van der Waals surface area contributed by atoms with E-state index in [0.717, 1.165) is 28.9 Å². The number of para-hydroxylation sites is 2. The van der Waals surface area contributed by atoms with Gasteiger partial charge in [-0.05, 0) is 25.1 Å². The van der Waals surface area contributed by atoms with Gasteiger partial charge in [0.25, 0.3) is 0 Å². The highest BCUT2D eigenvalue weighted by Crippen LogP contribution is 2.27. The molecule has 1 fully saturated rings. The van der Waals surface area contributed by atoms with Gasteiger partial charge in [-0.25, -0.2) is 4.98 Å². The minimum absolute atomic E-state index is 0.373. The number of hydrogen-bond donors (Lipinski definition) is 1. The molecule has 4 heteroatoms. The van der Waals surface area contributed by atoms with Crippen molar-refractivity contribution in [2.75, 3.05) is 12.3 Å². The van der Waals surface area contributed by atoms with Crippen LogP contribution in [0.1, 0.15) is 25.2 Å². The number of fused-ring (bicyclic) bond motifs is 1. The third-order valence-electron chi connectivity index (χ3n) is 3.62. The Morgan fingerprint density at radius 1 is 1.39 bits per heavy atom. The molecule has 2 aromatic rings. The third-order valence-corrected chi connectivity index (χ3v) is 4.95. The van der Waals surface area contributed by atoms with Gasteiger partial charge in [0.05, 0.1) is 17.1 Å². The zero-order valence-corrected chi connectivity index (χ0v) is 11.7. The van der Waals surface area contributed by atoms with Crippen LogP contribution in [0.3, 0.4) is 0 Å². The first-order valence-corrected chi connectivity index (χ1v) is 7.57. The smallest absolute Gasteiger partial charge is 0.127 e. The number of nitrogens with zero attached hydrogens (tertiary/aromatic N) is 2. The number of aryl methyl sites for hydroxylation is 1. The maximum absolute atomic E-state index is 4.79. The third kappa shape index (κ3) is 2.15. The molecular weight excluding hydrogens is 242 g/mol. The van der Waals surface area contributed by atoms with Gasteiger partial charge in [0.1, 0.15) is 5.82 Å². The van der Waals surface area contributed by atoms with Crippen LogP contribution in [0.5, 0.6) is 0 Å². The molecule has 3 rings (SSSR count). The van der Waals surface area contributed by atoms with Crippen LogP contribution in [-0.4, -0.2) is 27.1 Å². The molecule has 1 aromatic carbocycles. The summed E-state index contributed by atoms with van der Waals surface area (Å²) in [5.74, 6) is 2.27. The van der Waals surface area contributed by atoms with E-state index >= 15 is 0 Å². The van der Waals surface area contributed by atoms with Gasteiger partial charge in [0.2, 0.25) is 0 Å². The van der Waals surface area contributed by atoms with Gasteiger partial charge in [0, 0.05) is 18.1 Å². The van der Waals surface area contributed by atoms with Crippen LogP contribution < -0.4 is 5.32 Å². The Kier molecular flexibility index (Phi) is 3.31. The molecule has 96 valence electrons. The Labute approximate surface area is 112 Å². The largest absolute Gasteiger partial charge is 0.330 e. The van der Waals surface area contributed by atoms with Crippen LogP contribution in [0.2, 0.25) is 0 Å². The van der Waals surface area contributed by atoms with Crippen molar-refractivity contribution in [2.45, 2.75) is 24.6 Å². The molecule has 2 atom stereocenters. The second kappa shape index (κ2) is 4.94. The van der Waals surface area contributed by atoms with E-state index < -0.39 is 0 Å². The minimum atomic E-state index is 0.373. The highest BCUT2D eigenvalue weighted by atomic mass is 32.2. The van der Waals surface area contributed by atoms with Gasteiger partial charge in [0.15, 0.2) is 0 Å². The number of aromatic nitrogens is 2. The SMILES string of the molecule is CC1CCNC(c2nc3ccccc3n2C)CS1. The summed E-state index contributed by atoms with van der Waals surface area (Å²) in [5.41, 5.74) is 2.32. The zero-order valence-electron chi connectivity index (χ0n) is 10.9. The summed E-state index contributed by atoms with van der Waals surface area (Å²) in [4.78, 5) is 4.79. The van der Waals surface area contributed by atoms with Gasteiger partial charge in [-0.1, -0.05) is 19.1 Å². The topological polar surface area (TPSA) is 29.9 Å². The summed E-state index contributed by atoms with van der Waals surface area (Å²) in [7, 11) is 2.12. The lowest BCUT2D eigenvalue weighted by Gasteiger charge is -2.15. The maximum atomic E-state index is 4.79. The molecule has 1 aromatic heterocycles. The number of imidazole rings is 1. The molecule has 0 radical (unpaired) electrons. The van der Waals surface area contributed by atoms with Gasteiger partial charge < -0.3 is 9.88 Å². The fourth-order valence-electron chi connectivity index (χ4n) is 2.51. The van der Waals surface area contributed by atoms with E-state index in [1.165, 1.54) is 11.9 Å². The van der Waals surface area contributed by atoms with Gasteiger partial charge >= 0.3 is 0 Å². The molecule has 2 heterocycles. The van der Waals surface area contributed by atoms with E-state index in [1.54, 1.807) is 0 Å². The van der Waals surface area contributed by atoms with Crippen LogP contribution >= 0.6 is 11.8 Å². The molecule has 0 aliphatic carbocycles. The first-order chi connectivity index (χ1) is 8.75. The molecule has 2 unspecified atom stereocenters. The van der Waals surface area contributed by atoms with Gasteiger partial charge in [-0.2, -0.15) is 11.8 Å². The Morgan fingerprint density at radius 3 is 3.06 bits per heavy atom. The normalized spacial score (nSPS) is 25.2. The van der Waals surface area contributed by atoms with Crippen molar-refractivity contribution < 1.29 is 0 Å². The van der Waals surface area contributed by atoms with Crippen molar-refractivity contribution in [3.8, 4) is 0 Å². The van der Waals surface area contributed by atoms with E-state index in [0.29, 0.717) is 6.04 Å². The van der Waals surface area contributed by atoms with Crippen LogP contribution in [0, 0.1) is 0 Å². The second-order valence-electron chi connectivity index (χ2n) is 4.96. The van der Waals surface area contributed by atoms with E-state index in [2.05, 4.69) is 48.1 Å². The fourth-order valence-corrected chi connectivity index (χ4v) is 3.58. The number of thioether (sulfide) groups is 1. The fraction of sp³-hybridized carbons (Fsp3) is 0.500. The molecule has 0 amide bonds. The summed E-state index contributed by atoms with van der Waals surface area (Å²) in [6.07, 6.45) is 1.24. The van der Waals surface area contributed by atoms with Crippen molar-refractivity contribution in [1.82, 2.24) is 14.9 Å². The Hall–Kier alpha value is -1.000. The Balaban J connectivity index is 1.96. The van der Waals surface area contributed by atoms with Crippen LogP contribution in [0.15, 0.2) is 24.3 Å². The average Bonchev–Trinajstić information content (AvgIpc) is 2.57. The van der Waals surface area contributed by atoms with Crippen molar-refractivity contribution >= 4 is 22.8 Å². The predicted molar refractivity (Wildman–Crippen MR) is 78.0 cm³/mol. The average molecular weight is 261 g/mol. The summed E-state index contributed by atoms with van der Waals surface area (Å²) < 4.78 is 2.23. The number of rotatable bonds is 1. The molecule has 18 heavy (non-hydrogen) atoms. The van der Waals surface area contributed by atoms with Gasteiger partial charge in [-0.15, -0.1) is 0 Å². The first-order valence-electron chi connectivity index (χ1n) is 6.52. The van der Waals surface area contributed by atoms with E-state index in [1.807, 2.05) is 11.8 Å². The van der Waals surface area contributed by atoms with E-state index in [-0.39, 0.29) is 0 Å². The number of nitrogens with one attached hydrogen (secondary N) is 1. The monoisotopic (exact) mass is 261 g/mol. The highest BCUT2D eigenvalue weighted by molar-refractivity contribution is 7.99.